The molecule has 140 valence electrons. The van der Waals surface area contributed by atoms with Crippen LogP contribution in [0.25, 0.3) is 0 Å². The van der Waals surface area contributed by atoms with Gasteiger partial charge in [0.05, 0.1) is 25.5 Å². The van der Waals surface area contributed by atoms with E-state index < -0.39 is 6.10 Å². The van der Waals surface area contributed by atoms with Crippen LogP contribution in [0, 0.1) is 5.92 Å². The van der Waals surface area contributed by atoms with Crippen molar-refractivity contribution in [1.82, 2.24) is 9.88 Å². The molecule has 1 saturated heterocycles. The van der Waals surface area contributed by atoms with Gasteiger partial charge in [-0.3, -0.25) is 4.98 Å². The number of aromatic nitrogens is 1. The third-order valence-electron chi connectivity index (χ3n) is 5.01. The summed E-state index contributed by atoms with van der Waals surface area (Å²) in [6, 6.07) is 13.5. The van der Waals surface area contributed by atoms with Crippen LogP contribution in [0.2, 0.25) is 0 Å². The van der Waals surface area contributed by atoms with Gasteiger partial charge in [-0.1, -0.05) is 18.2 Å². The summed E-state index contributed by atoms with van der Waals surface area (Å²) >= 11 is 0. The van der Waals surface area contributed by atoms with Gasteiger partial charge in [0, 0.05) is 12.7 Å². The molecule has 2 aromatic rings. The maximum absolute atomic E-state index is 10.5. The predicted molar refractivity (Wildman–Crippen MR) is 101 cm³/mol. The summed E-state index contributed by atoms with van der Waals surface area (Å²) < 4.78 is 11.1. The van der Waals surface area contributed by atoms with Crippen molar-refractivity contribution in [2.24, 2.45) is 5.92 Å². The quantitative estimate of drug-likeness (QED) is 0.736. The molecule has 5 nitrogen and oxygen atoms in total. The molecule has 1 aromatic carbocycles. The van der Waals surface area contributed by atoms with Crippen LogP contribution in [-0.4, -0.2) is 48.3 Å². The van der Waals surface area contributed by atoms with Crippen molar-refractivity contribution in [3.8, 4) is 11.5 Å². The van der Waals surface area contributed by atoms with Gasteiger partial charge in [0.15, 0.2) is 11.5 Å². The molecule has 5 heteroatoms. The van der Waals surface area contributed by atoms with E-state index in [1.165, 1.54) is 0 Å². The Bertz CT molecular complexity index is 657. The van der Waals surface area contributed by atoms with Gasteiger partial charge in [-0.15, -0.1) is 0 Å². The van der Waals surface area contributed by atoms with Gasteiger partial charge in [0.25, 0.3) is 0 Å². The van der Waals surface area contributed by atoms with E-state index in [1.54, 1.807) is 13.3 Å². The lowest BCUT2D eigenvalue weighted by Gasteiger charge is -2.34. The molecule has 0 saturated carbocycles. The summed E-state index contributed by atoms with van der Waals surface area (Å²) in [4.78, 5) is 6.74. The zero-order valence-corrected chi connectivity index (χ0v) is 15.4. The highest BCUT2D eigenvalue weighted by Gasteiger charge is 2.26. The number of pyridine rings is 1. The topological polar surface area (TPSA) is 54.8 Å². The molecule has 26 heavy (non-hydrogen) atoms. The molecule has 1 aromatic heterocycles. The number of ether oxygens (including phenoxy) is 2. The highest BCUT2D eigenvalue weighted by atomic mass is 16.5. The Morgan fingerprint density at radius 2 is 1.85 bits per heavy atom. The number of hydrogen-bond acceptors (Lipinski definition) is 5. The fourth-order valence-corrected chi connectivity index (χ4v) is 3.49. The van der Waals surface area contributed by atoms with Gasteiger partial charge in [0.2, 0.25) is 0 Å². The fraction of sp³-hybridized carbons (Fsp3) is 0.476. The summed E-state index contributed by atoms with van der Waals surface area (Å²) in [5.41, 5.74) is 0.788. The summed E-state index contributed by atoms with van der Waals surface area (Å²) in [7, 11) is 1.66. The number of likely N-dealkylation sites (tertiary alicyclic amines) is 1. The summed E-state index contributed by atoms with van der Waals surface area (Å²) in [5.74, 6) is 1.87. The second-order valence-corrected chi connectivity index (χ2v) is 6.73. The summed E-state index contributed by atoms with van der Waals surface area (Å²) in [6.07, 6.45) is 4.28. The number of nitrogens with zero attached hydrogens (tertiary/aromatic N) is 2. The lowest BCUT2D eigenvalue weighted by molar-refractivity contribution is 0.0547. The Morgan fingerprint density at radius 3 is 2.54 bits per heavy atom. The zero-order valence-electron chi connectivity index (χ0n) is 15.4. The second-order valence-electron chi connectivity index (χ2n) is 6.73. The molecule has 2 heterocycles. The average Bonchev–Trinajstić information content (AvgIpc) is 2.72. The molecule has 0 bridgehead atoms. The molecule has 0 radical (unpaired) electrons. The normalized spacial score (nSPS) is 17.0. The maximum atomic E-state index is 10.5. The fourth-order valence-electron chi connectivity index (χ4n) is 3.49. The number of aliphatic hydroxyl groups is 1. The van der Waals surface area contributed by atoms with Gasteiger partial charge >= 0.3 is 0 Å². The third-order valence-corrected chi connectivity index (χ3v) is 5.01. The van der Waals surface area contributed by atoms with Gasteiger partial charge in [0.1, 0.15) is 0 Å². The average molecular weight is 356 g/mol. The molecule has 0 unspecified atom stereocenters. The van der Waals surface area contributed by atoms with Crippen molar-refractivity contribution in [1.29, 1.82) is 0 Å². The van der Waals surface area contributed by atoms with Crippen LogP contribution >= 0.6 is 0 Å². The number of benzene rings is 1. The van der Waals surface area contributed by atoms with E-state index in [0.717, 1.165) is 56.1 Å². The Balaban J connectivity index is 1.37. The molecule has 1 N–H and O–H groups in total. The number of para-hydroxylation sites is 2. The SMILES string of the molecule is COc1ccccc1OCCCN1CCC([C@@H](O)c2ccccn2)CC1. The van der Waals surface area contributed by atoms with E-state index in [2.05, 4.69) is 9.88 Å². The molecule has 1 fully saturated rings. The first kappa shape index (κ1) is 18.7. The lowest BCUT2D eigenvalue weighted by Crippen LogP contribution is -2.36. The van der Waals surface area contributed by atoms with Crippen molar-refractivity contribution < 1.29 is 14.6 Å². The number of aliphatic hydroxyl groups excluding tert-OH is 1. The molecule has 1 aliphatic rings. The van der Waals surface area contributed by atoms with Crippen LogP contribution in [0.15, 0.2) is 48.7 Å². The van der Waals surface area contributed by atoms with Gasteiger partial charge in [-0.05, 0) is 62.5 Å². The minimum atomic E-state index is -0.452. The van der Waals surface area contributed by atoms with E-state index in [1.807, 2.05) is 42.5 Å². The van der Waals surface area contributed by atoms with Crippen LogP contribution in [0.4, 0.5) is 0 Å². The highest BCUT2D eigenvalue weighted by Crippen LogP contribution is 2.30. The number of piperidine rings is 1. The van der Waals surface area contributed by atoms with Crippen LogP contribution in [0.5, 0.6) is 11.5 Å². The van der Waals surface area contributed by atoms with E-state index in [-0.39, 0.29) is 0 Å². The number of methoxy groups -OCH3 is 1. The van der Waals surface area contributed by atoms with Crippen molar-refractivity contribution in [3.63, 3.8) is 0 Å². The van der Waals surface area contributed by atoms with Crippen LogP contribution in [-0.2, 0) is 0 Å². The molecule has 0 amide bonds. The van der Waals surface area contributed by atoms with E-state index >= 15 is 0 Å². The lowest BCUT2D eigenvalue weighted by atomic mass is 9.89. The molecular formula is C21H28N2O3. The summed E-state index contributed by atoms with van der Waals surface area (Å²) in [5, 5.41) is 10.5. The van der Waals surface area contributed by atoms with Gasteiger partial charge < -0.3 is 19.5 Å². The van der Waals surface area contributed by atoms with E-state index in [9.17, 15) is 5.11 Å². The largest absolute Gasteiger partial charge is 0.493 e. The predicted octanol–water partition coefficient (Wildman–Crippen LogP) is 3.30. The molecule has 1 atom stereocenters. The standard InChI is InChI=1S/C21H28N2O3/c1-25-19-8-2-3-9-20(19)26-16-6-13-23-14-10-17(11-15-23)21(24)18-7-4-5-12-22-18/h2-5,7-9,12,17,21,24H,6,10-11,13-16H2,1H3/t21-/m1/s1. The zero-order chi connectivity index (χ0) is 18.2. The van der Waals surface area contributed by atoms with Crippen molar-refractivity contribution in [3.05, 3.63) is 54.4 Å². The number of hydrogen-bond donors (Lipinski definition) is 1. The van der Waals surface area contributed by atoms with Crippen LogP contribution < -0.4 is 9.47 Å². The van der Waals surface area contributed by atoms with Crippen LogP contribution in [0.1, 0.15) is 31.1 Å². The molecule has 0 spiro atoms. The first-order valence-electron chi connectivity index (χ1n) is 9.35. The number of rotatable bonds is 8. The highest BCUT2D eigenvalue weighted by molar-refractivity contribution is 5.39. The van der Waals surface area contributed by atoms with Crippen molar-refractivity contribution >= 4 is 0 Å². The Hall–Kier alpha value is -2.11. The van der Waals surface area contributed by atoms with Crippen molar-refractivity contribution in [2.45, 2.75) is 25.4 Å². The second kappa shape index (κ2) is 9.55. The molecule has 0 aliphatic carbocycles. The monoisotopic (exact) mass is 356 g/mol. The Labute approximate surface area is 155 Å². The van der Waals surface area contributed by atoms with Gasteiger partial charge in [-0.25, -0.2) is 0 Å². The minimum Gasteiger partial charge on any atom is -0.493 e. The van der Waals surface area contributed by atoms with Gasteiger partial charge in [-0.2, -0.15) is 0 Å². The molecule has 1 aliphatic heterocycles. The van der Waals surface area contributed by atoms with Crippen molar-refractivity contribution in [2.75, 3.05) is 33.4 Å². The minimum absolute atomic E-state index is 0.297. The molecular weight excluding hydrogens is 328 g/mol. The first-order chi connectivity index (χ1) is 12.8. The Morgan fingerprint density at radius 1 is 1.12 bits per heavy atom. The molecule has 3 rings (SSSR count). The first-order valence-corrected chi connectivity index (χ1v) is 9.35. The third kappa shape index (κ3) is 4.96. The summed E-state index contributed by atoms with van der Waals surface area (Å²) in [6.45, 7) is 3.73. The maximum Gasteiger partial charge on any atom is 0.161 e. The van der Waals surface area contributed by atoms with E-state index in [4.69, 9.17) is 9.47 Å². The smallest absolute Gasteiger partial charge is 0.161 e. The van der Waals surface area contributed by atoms with E-state index in [0.29, 0.717) is 12.5 Å². The van der Waals surface area contributed by atoms with Crippen LogP contribution in [0.3, 0.4) is 0 Å². The Kier molecular flexibility index (Phi) is 6.86.